The lowest BCUT2D eigenvalue weighted by molar-refractivity contribution is 0.0834. The highest BCUT2D eigenvalue weighted by atomic mass is 35.5. The molecule has 1 unspecified atom stereocenters. The third-order valence-electron chi connectivity index (χ3n) is 3.43. The van der Waals surface area contributed by atoms with Gasteiger partial charge in [-0.25, -0.2) is 0 Å². The van der Waals surface area contributed by atoms with Gasteiger partial charge in [0, 0.05) is 6.54 Å². The average Bonchev–Trinajstić information content (AvgIpc) is 2.83. The molecule has 1 aliphatic rings. The predicted octanol–water partition coefficient (Wildman–Crippen LogP) is 2.73. The third kappa shape index (κ3) is 4.70. The number of furan rings is 1. The number of rotatable bonds is 5. The van der Waals surface area contributed by atoms with E-state index in [0.717, 1.165) is 5.76 Å². The van der Waals surface area contributed by atoms with E-state index < -0.39 is 0 Å². The second-order valence-electron chi connectivity index (χ2n) is 4.68. The average molecular weight is 260 g/mol. The highest BCUT2D eigenvalue weighted by Gasteiger charge is 2.21. The zero-order valence-corrected chi connectivity index (χ0v) is 10.9. The Labute approximate surface area is 109 Å². The van der Waals surface area contributed by atoms with Crippen LogP contribution in [0.5, 0.6) is 0 Å². The van der Waals surface area contributed by atoms with Crippen molar-refractivity contribution < 1.29 is 9.52 Å². The second-order valence-corrected chi connectivity index (χ2v) is 4.68. The van der Waals surface area contributed by atoms with Gasteiger partial charge in [-0.15, -0.1) is 12.4 Å². The first-order chi connectivity index (χ1) is 7.86. The van der Waals surface area contributed by atoms with E-state index in [-0.39, 0.29) is 18.5 Å². The molecule has 1 aromatic rings. The summed E-state index contributed by atoms with van der Waals surface area (Å²) in [7, 11) is 0. The first-order valence-corrected chi connectivity index (χ1v) is 6.27. The summed E-state index contributed by atoms with van der Waals surface area (Å²) in [6, 6.07) is 3.83. The molecule has 0 saturated heterocycles. The molecule has 4 heteroatoms. The van der Waals surface area contributed by atoms with Crippen LogP contribution >= 0.6 is 12.4 Å². The van der Waals surface area contributed by atoms with Crippen LogP contribution in [0.1, 0.15) is 37.9 Å². The standard InChI is InChI=1S/C13H21NO2.ClH/c15-13(11-5-2-1-3-6-11)10-14-9-12-7-4-8-16-12;/h4,7-8,11,13-15H,1-3,5-6,9-10H2;1H. The summed E-state index contributed by atoms with van der Waals surface area (Å²) in [4.78, 5) is 0. The number of aliphatic hydroxyl groups excluding tert-OH is 1. The molecule has 1 aliphatic carbocycles. The smallest absolute Gasteiger partial charge is 0.117 e. The molecule has 1 atom stereocenters. The van der Waals surface area contributed by atoms with Gasteiger partial charge in [-0.05, 0) is 30.9 Å². The van der Waals surface area contributed by atoms with Gasteiger partial charge in [-0.1, -0.05) is 19.3 Å². The monoisotopic (exact) mass is 259 g/mol. The van der Waals surface area contributed by atoms with Gasteiger partial charge in [0.25, 0.3) is 0 Å². The number of nitrogens with one attached hydrogen (secondary N) is 1. The molecule has 1 saturated carbocycles. The Balaban J connectivity index is 0.00000144. The summed E-state index contributed by atoms with van der Waals surface area (Å²) >= 11 is 0. The van der Waals surface area contributed by atoms with Crippen LogP contribution in [0.2, 0.25) is 0 Å². The summed E-state index contributed by atoms with van der Waals surface area (Å²) < 4.78 is 5.22. The minimum Gasteiger partial charge on any atom is -0.468 e. The van der Waals surface area contributed by atoms with E-state index in [1.165, 1.54) is 32.1 Å². The van der Waals surface area contributed by atoms with Crippen molar-refractivity contribution in [1.29, 1.82) is 0 Å². The van der Waals surface area contributed by atoms with E-state index >= 15 is 0 Å². The van der Waals surface area contributed by atoms with E-state index in [1.807, 2.05) is 12.1 Å². The SMILES string of the molecule is Cl.OC(CNCc1ccco1)C1CCCCC1. The predicted molar refractivity (Wildman–Crippen MR) is 70.2 cm³/mol. The van der Waals surface area contributed by atoms with E-state index in [0.29, 0.717) is 19.0 Å². The Morgan fingerprint density at radius 1 is 1.35 bits per heavy atom. The lowest BCUT2D eigenvalue weighted by atomic mass is 9.85. The molecule has 0 amide bonds. The number of halogens is 1. The van der Waals surface area contributed by atoms with E-state index in [4.69, 9.17) is 4.42 Å². The summed E-state index contributed by atoms with van der Waals surface area (Å²) in [5.74, 6) is 1.42. The number of hydrogen-bond donors (Lipinski definition) is 2. The Morgan fingerprint density at radius 3 is 2.76 bits per heavy atom. The fourth-order valence-electron chi connectivity index (χ4n) is 2.44. The minimum absolute atomic E-state index is 0. The van der Waals surface area contributed by atoms with Crippen LogP contribution in [0.4, 0.5) is 0 Å². The lowest BCUT2D eigenvalue weighted by Gasteiger charge is -2.26. The molecule has 2 N–H and O–H groups in total. The van der Waals surface area contributed by atoms with Gasteiger partial charge in [0.1, 0.15) is 5.76 Å². The van der Waals surface area contributed by atoms with Gasteiger partial charge >= 0.3 is 0 Å². The first kappa shape index (κ1) is 14.6. The van der Waals surface area contributed by atoms with Gasteiger partial charge < -0.3 is 14.8 Å². The van der Waals surface area contributed by atoms with Crippen molar-refractivity contribution in [2.45, 2.75) is 44.8 Å². The molecule has 17 heavy (non-hydrogen) atoms. The summed E-state index contributed by atoms with van der Waals surface area (Å²) in [6.07, 6.45) is 7.74. The van der Waals surface area contributed by atoms with Gasteiger partial charge in [0.2, 0.25) is 0 Å². The normalized spacial score (nSPS) is 18.6. The van der Waals surface area contributed by atoms with Crippen molar-refractivity contribution in [2.24, 2.45) is 5.92 Å². The molecule has 98 valence electrons. The minimum atomic E-state index is -0.199. The molecular weight excluding hydrogens is 238 g/mol. The summed E-state index contributed by atoms with van der Waals surface area (Å²) in [5, 5.41) is 13.3. The van der Waals surface area contributed by atoms with Crippen LogP contribution in [0.3, 0.4) is 0 Å². The van der Waals surface area contributed by atoms with Crippen LogP contribution in [0.15, 0.2) is 22.8 Å². The molecule has 1 aromatic heterocycles. The van der Waals surface area contributed by atoms with Crippen molar-refractivity contribution in [3.63, 3.8) is 0 Å². The Bertz CT molecular complexity index is 284. The van der Waals surface area contributed by atoms with E-state index in [2.05, 4.69) is 5.32 Å². The van der Waals surface area contributed by atoms with E-state index in [9.17, 15) is 5.11 Å². The van der Waals surface area contributed by atoms with E-state index in [1.54, 1.807) is 6.26 Å². The quantitative estimate of drug-likeness (QED) is 0.855. The summed E-state index contributed by atoms with van der Waals surface area (Å²) in [6.45, 7) is 1.38. The van der Waals surface area contributed by atoms with Crippen molar-refractivity contribution in [2.75, 3.05) is 6.54 Å². The molecule has 0 aliphatic heterocycles. The van der Waals surface area contributed by atoms with Crippen LogP contribution in [0, 0.1) is 5.92 Å². The Morgan fingerprint density at radius 2 is 2.12 bits per heavy atom. The fourth-order valence-corrected chi connectivity index (χ4v) is 2.44. The Kier molecular flexibility index (Phi) is 6.63. The van der Waals surface area contributed by atoms with Gasteiger partial charge in [-0.2, -0.15) is 0 Å². The second kappa shape index (κ2) is 7.75. The van der Waals surface area contributed by atoms with Gasteiger partial charge in [0.15, 0.2) is 0 Å². The van der Waals surface area contributed by atoms with Crippen molar-refractivity contribution in [1.82, 2.24) is 5.32 Å². The summed E-state index contributed by atoms with van der Waals surface area (Å²) in [5.41, 5.74) is 0. The van der Waals surface area contributed by atoms with Crippen molar-refractivity contribution in [3.05, 3.63) is 24.2 Å². The zero-order valence-electron chi connectivity index (χ0n) is 10.1. The van der Waals surface area contributed by atoms with Gasteiger partial charge in [0.05, 0.1) is 18.9 Å². The van der Waals surface area contributed by atoms with Crippen molar-refractivity contribution in [3.8, 4) is 0 Å². The van der Waals surface area contributed by atoms with Crippen molar-refractivity contribution >= 4 is 12.4 Å². The number of aliphatic hydroxyl groups is 1. The molecule has 1 fully saturated rings. The van der Waals surface area contributed by atoms with Crippen LogP contribution in [0.25, 0.3) is 0 Å². The van der Waals surface area contributed by atoms with Crippen LogP contribution in [-0.2, 0) is 6.54 Å². The molecule has 3 nitrogen and oxygen atoms in total. The molecular formula is C13H22ClNO2. The first-order valence-electron chi connectivity index (χ1n) is 6.27. The molecule has 2 rings (SSSR count). The largest absolute Gasteiger partial charge is 0.468 e. The molecule has 0 radical (unpaired) electrons. The zero-order chi connectivity index (χ0) is 11.2. The maximum Gasteiger partial charge on any atom is 0.117 e. The molecule has 0 bridgehead atoms. The Hall–Kier alpha value is -0.510. The highest BCUT2D eigenvalue weighted by Crippen LogP contribution is 2.26. The lowest BCUT2D eigenvalue weighted by Crippen LogP contribution is -2.33. The fraction of sp³-hybridized carbons (Fsp3) is 0.692. The highest BCUT2D eigenvalue weighted by molar-refractivity contribution is 5.85. The van der Waals surface area contributed by atoms with Gasteiger partial charge in [-0.3, -0.25) is 0 Å². The number of hydrogen-bond acceptors (Lipinski definition) is 3. The topological polar surface area (TPSA) is 45.4 Å². The maximum atomic E-state index is 10.0. The third-order valence-corrected chi connectivity index (χ3v) is 3.43. The maximum absolute atomic E-state index is 10.0. The molecule has 0 aromatic carbocycles. The molecule has 1 heterocycles. The van der Waals surface area contributed by atoms with Crippen LogP contribution in [-0.4, -0.2) is 17.8 Å². The molecule has 0 spiro atoms. The van der Waals surface area contributed by atoms with Crippen LogP contribution < -0.4 is 5.32 Å².